The molecule has 0 spiro atoms. The van der Waals surface area contributed by atoms with E-state index in [4.69, 9.17) is 10.5 Å². The highest BCUT2D eigenvalue weighted by Crippen LogP contribution is 2.33. The summed E-state index contributed by atoms with van der Waals surface area (Å²) in [6, 6.07) is 7.00. The zero-order chi connectivity index (χ0) is 17.9. The quantitative estimate of drug-likeness (QED) is 0.783. The van der Waals surface area contributed by atoms with E-state index in [1.165, 1.54) is 0 Å². The van der Waals surface area contributed by atoms with Crippen LogP contribution in [0.15, 0.2) is 24.3 Å². The molecular formula is C20H30N2O3. The van der Waals surface area contributed by atoms with Crippen LogP contribution >= 0.6 is 0 Å². The zero-order valence-electron chi connectivity index (χ0n) is 15.0. The second-order valence-electron chi connectivity index (χ2n) is 7.76. The van der Waals surface area contributed by atoms with E-state index in [1.807, 2.05) is 24.3 Å². The van der Waals surface area contributed by atoms with Gasteiger partial charge in [-0.1, -0.05) is 31.9 Å². The number of nitrogens with one attached hydrogen (secondary N) is 1. The van der Waals surface area contributed by atoms with Crippen molar-refractivity contribution >= 4 is 11.6 Å². The minimum atomic E-state index is -0.823. The lowest BCUT2D eigenvalue weighted by molar-refractivity contribution is -0.118. The number of carbonyl (C=O) groups is 1. The highest BCUT2D eigenvalue weighted by molar-refractivity contribution is 5.94. The molecule has 2 aliphatic rings. The fourth-order valence-corrected chi connectivity index (χ4v) is 3.95. The van der Waals surface area contributed by atoms with Gasteiger partial charge in [0.25, 0.3) is 0 Å². The van der Waals surface area contributed by atoms with Gasteiger partial charge >= 0.3 is 0 Å². The molecule has 5 heteroatoms. The average molecular weight is 346 g/mol. The van der Waals surface area contributed by atoms with E-state index in [2.05, 4.69) is 12.2 Å². The van der Waals surface area contributed by atoms with Crippen molar-refractivity contribution in [1.29, 1.82) is 0 Å². The zero-order valence-corrected chi connectivity index (χ0v) is 15.0. The minimum Gasteiger partial charge on any atom is -0.385 e. The Labute approximate surface area is 149 Å². The van der Waals surface area contributed by atoms with Crippen molar-refractivity contribution in [3.63, 3.8) is 0 Å². The summed E-state index contributed by atoms with van der Waals surface area (Å²) in [6.07, 6.45) is 5.58. The molecule has 0 bridgehead atoms. The first-order chi connectivity index (χ1) is 12.0. The molecule has 3 rings (SSSR count). The van der Waals surface area contributed by atoms with Gasteiger partial charge in [-0.25, -0.2) is 0 Å². The van der Waals surface area contributed by atoms with E-state index in [-0.39, 0.29) is 11.8 Å². The van der Waals surface area contributed by atoms with Gasteiger partial charge in [0.15, 0.2) is 0 Å². The first kappa shape index (κ1) is 18.4. The lowest BCUT2D eigenvalue weighted by Gasteiger charge is -2.32. The molecule has 1 amide bonds. The minimum absolute atomic E-state index is 0.114. The van der Waals surface area contributed by atoms with Crippen molar-refractivity contribution < 1.29 is 14.6 Å². The van der Waals surface area contributed by atoms with Crippen LogP contribution in [0.2, 0.25) is 0 Å². The Hall–Kier alpha value is -1.43. The summed E-state index contributed by atoms with van der Waals surface area (Å²) in [5.74, 6) is 0.908. The summed E-state index contributed by atoms with van der Waals surface area (Å²) in [7, 11) is 0. The number of anilines is 1. The smallest absolute Gasteiger partial charge is 0.241 e. The Bertz CT molecular complexity index is 573. The van der Waals surface area contributed by atoms with E-state index >= 15 is 0 Å². The molecule has 1 aromatic carbocycles. The molecule has 1 aromatic rings. The topological polar surface area (TPSA) is 84.6 Å². The van der Waals surface area contributed by atoms with Crippen molar-refractivity contribution in [3.8, 4) is 0 Å². The molecule has 25 heavy (non-hydrogen) atoms. The summed E-state index contributed by atoms with van der Waals surface area (Å²) in [6.45, 7) is 3.41. The van der Waals surface area contributed by atoms with E-state index in [0.29, 0.717) is 26.1 Å². The monoisotopic (exact) mass is 346 g/mol. The maximum absolute atomic E-state index is 12.4. The van der Waals surface area contributed by atoms with Crippen LogP contribution in [0.5, 0.6) is 0 Å². The van der Waals surface area contributed by atoms with Gasteiger partial charge in [-0.2, -0.15) is 0 Å². The SMILES string of the molecule is CC1CCC([C@H](N)C(=O)Nc2ccc(C3(O)CCOCC3)cc2)CC1. The Kier molecular flexibility index (Phi) is 5.77. The summed E-state index contributed by atoms with van der Waals surface area (Å²) in [5.41, 5.74) is 6.96. The fourth-order valence-electron chi connectivity index (χ4n) is 3.95. The summed E-state index contributed by atoms with van der Waals surface area (Å²) < 4.78 is 5.32. The number of ether oxygens (including phenoxy) is 1. The lowest BCUT2D eigenvalue weighted by Crippen LogP contribution is -2.43. The summed E-state index contributed by atoms with van der Waals surface area (Å²) in [5, 5.41) is 13.6. The molecule has 1 aliphatic carbocycles. The summed E-state index contributed by atoms with van der Waals surface area (Å²) in [4.78, 5) is 12.4. The molecule has 5 nitrogen and oxygen atoms in total. The van der Waals surface area contributed by atoms with E-state index in [0.717, 1.165) is 42.9 Å². The molecule has 138 valence electrons. The van der Waals surface area contributed by atoms with Gasteiger partial charge in [0.2, 0.25) is 5.91 Å². The Morgan fingerprint density at radius 2 is 1.80 bits per heavy atom. The van der Waals surface area contributed by atoms with Crippen molar-refractivity contribution in [2.75, 3.05) is 18.5 Å². The number of nitrogens with two attached hydrogens (primary N) is 1. The van der Waals surface area contributed by atoms with Crippen molar-refractivity contribution in [2.24, 2.45) is 17.6 Å². The maximum Gasteiger partial charge on any atom is 0.241 e. The normalized spacial score (nSPS) is 27.5. The van der Waals surface area contributed by atoms with Crippen LogP contribution in [-0.2, 0) is 15.1 Å². The molecule has 1 saturated heterocycles. The molecule has 1 heterocycles. The predicted molar refractivity (Wildman–Crippen MR) is 98.1 cm³/mol. The number of hydrogen-bond acceptors (Lipinski definition) is 4. The Balaban J connectivity index is 1.58. The number of benzene rings is 1. The molecular weight excluding hydrogens is 316 g/mol. The maximum atomic E-state index is 12.4. The van der Waals surface area contributed by atoms with Crippen LogP contribution in [-0.4, -0.2) is 30.3 Å². The molecule has 0 unspecified atom stereocenters. The average Bonchev–Trinajstić information content (AvgIpc) is 2.63. The second-order valence-corrected chi connectivity index (χ2v) is 7.76. The number of hydrogen-bond donors (Lipinski definition) is 3. The van der Waals surface area contributed by atoms with Crippen LogP contribution < -0.4 is 11.1 Å². The Morgan fingerprint density at radius 1 is 1.20 bits per heavy atom. The van der Waals surface area contributed by atoms with Crippen LogP contribution in [0.4, 0.5) is 5.69 Å². The molecule has 1 aliphatic heterocycles. The lowest BCUT2D eigenvalue weighted by atomic mass is 9.79. The highest BCUT2D eigenvalue weighted by atomic mass is 16.5. The van der Waals surface area contributed by atoms with Crippen LogP contribution in [0.3, 0.4) is 0 Å². The molecule has 1 atom stereocenters. The van der Waals surface area contributed by atoms with Gasteiger partial charge in [-0.05, 0) is 42.4 Å². The van der Waals surface area contributed by atoms with Gasteiger partial charge in [0.1, 0.15) is 0 Å². The van der Waals surface area contributed by atoms with Crippen LogP contribution in [0, 0.1) is 11.8 Å². The first-order valence-electron chi connectivity index (χ1n) is 9.45. The van der Waals surface area contributed by atoms with E-state index < -0.39 is 11.6 Å². The standard InChI is InChI=1S/C20H30N2O3/c1-14-2-4-15(5-3-14)18(21)19(23)22-17-8-6-16(7-9-17)20(24)10-12-25-13-11-20/h6-9,14-15,18,24H,2-5,10-13,21H2,1H3,(H,22,23)/t14?,15?,18-/m0/s1. The number of carbonyl (C=O) groups excluding carboxylic acids is 1. The second kappa shape index (κ2) is 7.85. The van der Waals surface area contributed by atoms with Crippen molar-refractivity contribution in [1.82, 2.24) is 0 Å². The highest BCUT2D eigenvalue weighted by Gasteiger charge is 2.32. The number of rotatable bonds is 4. The van der Waals surface area contributed by atoms with Crippen LogP contribution in [0.1, 0.15) is 51.0 Å². The van der Waals surface area contributed by atoms with Crippen molar-refractivity contribution in [3.05, 3.63) is 29.8 Å². The Morgan fingerprint density at radius 3 is 2.40 bits per heavy atom. The van der Waals surface area contributed by atoms with Gasteiger partial charge in [0, 0.05) is 31.7 Å². The fraction of sp³-hybridized carbons (Fsp3) is 0.650. The van der Waals surface area contributed by atoms with Gasteiger partial charge in [-0.15, -0.1) is 0 Å². The third-order valence-corrected chi connectivity index (χ3v) is 5.88. The molecule has 2 fully saturated rings. The molecule has 1 saturated carbocycles. The third kappa shape index (κ3) is 4.40. The van der Waals surface area contributed by atoms with E-state index in [1.54, 1.807) is 0 Å². The predicted octanol–water partition coefficient (Wildman–Crippen LogP) is 2.78. The number of amides is 1. The van der Waals surface area contributed by atoms with Crippen molar-refractivity contribution in [2.45, 2.75) is 57.1 Å². The molecule has 4 N–H and O–H groups in total. The largest absolute Gasteiger partial charge is 0.385 e. The van der Waals surface area contributed by atoms with Crippen LogP contribution in [0.25, 0.3) is 0 Å². The number of aliphatic hydroxyl groups is 1. The first-order valence-corrected chi connectivity index (χ1v) is 9.45. The summed E-state index contributed by atoms with van der Waals surface area (Å²) >= 11 is 0. The van der Waals surface area contributed by atoms with Gasteiger partial charge < -0.3 is 20.9 Å². The van der Waals surface area contributed by atoms with Gasteiger partial charge in [0.05, 0.1) is 11.6 Å². The third-order valence-electron chi connectivity index (χ3n) is 5.88. The molecule has 0 radical (unpaired) electrons. The molecule has 0 aromatic heterocycles. The van der Waals surface area contributed by atoms with Gasteiger partial charge in [-0.3, -0.25) is 4.79 Å². The van der Waals surface area contributed by atoms with E-state index in [9.17, 15) is 9.90 Å².